The predicted octanol–water partition coefficient (Wildman–Crippen LogP) is 3.64. The lowest BCUT2D eigenvalue weighted by atomic mass is 10.2. The van der Waals surface area contributed by atoms with Crippen molar-refractivity contribution in [3.8, 4) is 5.75 Å². The van der Waals surface area contributed by atoms with Gasteiger partial charge in [-0.1, -0.05) is 23.2 Å². The molecule has 0 aliphatic rings. The number of hydrogen-bond acceptors (Lipinski definition) is 5. The molecule has 1 heterocycles. The van der Waals surface area contributed by atoms with E-state index in [1.54, 1.807) is 6.92 Å². The van der Waals surface area contributed by atoms with Gasteiger partial charge in [0, 0.05) is 12.3 Å². The minimum Gasteiger partial charge on any atom is -0.497 e. The average molecular weight is 387 g/mol. The Morgan fingerprint density at radius 2 is 2.04 bits per heavy atom. The van der Waals surface area contributed by atoms with E-state index in [1.807, 2.05) is 0 Å². The predicted molar refractivity (Wildman–Crippen MR) is 90.9 cm³/mol. The molecule has 0 spiro atoms. The van der Waals surface area contributed by atoms with E-state index in [9.17, 15) is 14.0 Å². The number of benzene rings is 1. The molecule has 0 aliphatic carbocycles. The molecule has 2 aromatic rings. The van der Waals surface area contributed by atoms with Crippen molar-refractivity contribution in [1.29, 1.82) is 0 Å². The van der Waals surface area contributed by atoms with Crippen LogP contribution in [0, 0.1) is 12.7 Å². The maximum atomic E-state index is 13.8. The number of hydrogen-bond donors (Lipinski definition) is 1. The zero-order valence-corrected chi connectivity index (χ0v) is 14.7. The molecule has 0 aliphatic heterocycles. The van der Waals surface area contributed by atoms with Crippen molar-refractivity contribution >= 4 is 40.9 Å². The third-order valence-corrected chi connectivity index (χ3v) is 4.03. The highest BCUT2D eigenvalue weighted by Gasteiger charge is 2.17. The highest BCUT2D eigenvalue weighted by molar-refractivity contribution is 6.37. The van der Waals surface area contributed by atoms with Crippen LogP contribution in [-0.2, 0) is 9.53 Å². The molecule has 1 N–H and O–H groups in total. The van der Waals surface area contributed by atoms with Crippen LogP contribution in [0.15, 0.2) is 24.4 Å². The largest absolute Gasteiger partial charge is 0.497 e. The smallest absolute Gasteiger partial charge is 0.341 e. The summed E-state index contributed by atoms with van der Waals surface area (Å²) in [4.78, 5) is 27.6. The highest BCUT2D eigenvalue weighted by atomic mass is 35.5. The molecular formula is C16H13Cl2FN2O4. The average Bonchev–Trinajstić information content (AvgIpc) is 2.60. The number of esters is 1. The fourth-order valence-electron chi connectivity index (χ4n) is 1.81. The summed E-state index contributed by atoms with van der Waals surface area (Å²) in [5.41, 5.74) is 0.234. The third kappa shape index (κ3) is 4.58. The van der Waals surface area contributed by atoms with Gasteiger partial charge in [-0.2, -0.15) is 0 Å². The number of methoxy groups -OCH3 is 1. The molecule has 0 atom stereocenters. The molecule has 25 heavy (non-hydrogen) atoms. The summed E-state index contributed by atoms with van der Waals surface area (Å²) in [6.07, 6.45) is 1.33. The molecule has 0 bridgehead atoms. The SMILES string of the molecule is COc1ccc(C(=O)OCC(=O)Nc2ncc(Cl)c(C)c2Cl)c(F)c1. The van der Waals surface area contributed by atoms with Gasteiger partial charge in [0.2, 0.25) is 0 Å². The maximum Gasteiger partial charge on any atom is 0.341 e. The number of pyridine rings is 1. The van der Waals surface area contributed by atoms with E-state index < -0.39 is 24.3 Å². The molecule has 1 aromatic heterocycles. The minimum atomic E-state index is -0.985. The number of halogens is 3. The first kappa shape index (κ1) is 19.0. The second-order valence-corrected chi connectivity index (χ2v) is 5.65. The first-order chi connectivity index (χ1) is 11.8. The van der Waals surface area contributed by atoms with Crippen molar-refractivity contribution in [2.75, 3.05) is 19.0 Å². The number of ether oxygens (including phenoxy) is 2. The molecular weight excluding hydrogens is 374 g/mol. The summed E-state index contributed by atoms with van der Waals surface area (Å²) < 4.78 is 23.4. The van der Waals surface area contributed by atoms with Crippen LogP contribution in [-0.4, -0.2) is 30.6 Å². The molecule has 1 amide bonds. The van der Waals surface area contributed by atoms with Gasteiger partial charge >= 0.3 is 5.97 Å². The fourth-order valence-corrected chi connectivity index (χ4v) is 2.20. The molecule has 132 valence electrons. The van der Waals surface area contributed by atoms with Gasteiger partial charge in [-0.3, -0.25) is 4.79 Å². The van der Waals surface area contributed by atoms with E-state index >= 15 is 0 Å². The number of carbonyl (C=O) groups is 2. The van der Waals surface area contributed by atoms with Gasteiger partial charge < -0.3 is 14.8 Å². The lowest BCUT2D eigenvalue weighted by Gasteiger charge is -2.10. The van der Waals surface area contributed by atoms with Crippen LogP contribution in [0.3, 0.4) is 0 Å². The lowest BCUT2D eigenvalue weighted by Crippen LogP contribution is -2.22. The van der Waals surface area contributed by atoms with Crippen molar-refractivity contribution in [3.63, 3.8) is 0 Å². The zero-order chi connectivity index (χ0) is 18.6. The standard InChI is InChI=1S/C16H13Cl2FN2O4/c1-8-11(17)6-20-15(14(8)18)21-13(22)7-25-16(23)10-4-3-9(24-2)5-12(10)19/h3-6H,7H2,1-2H3,(H,20,21,22). The topological polar surface area (TPSA) is 77.5 Å². The molecule has 9 heteroatoms. The van der Waals surface area contributed by atoms with Crippen molar-refractivity contribution in [2.45, 2.75) is 6.92 Å². The first-order valence-corrected chi connectivity index (χ1v) is 7.70. The van der Waals surface area contributed by atoms with Crippen LogP contribution in [0.2, 0.25) is 10.0 Å². The van der Waals surface area contributed by atoms with Crippen molar-refractivity contribution in [1.82, 2.24) is 4.98 Å². The molecule has 0 radical (unpaired) electrons. The van der Waals surface area contributed by atoms with Gasteiger partial charge in [-0.15, -0.1) is 0 Å². The van der Waals surface area contributed by atoms with Crippen molar-refractivity contribution < 1.29 is 23.5 Å². The Balaban J connectivity index is 1.98. The molecule has 2 rings (SSSR count). The molecule has 0 fully saturated rings. The number of amides is 1. The molecule has 6 nitrogen and oxygen atoms in total. The number of carbonyl (C=O) groups excluding carboxylic acids is 2. The number of nitrogens with one attached hydrogen (secondary N) is 1. The summed E-state index contributed by atoms with van der Waals surface area (Å²) in [7, 11) is 1.37. The zero-order valence-electron chi connectivity index (χ0n) is 13.2. The molecule has 0 saturated heterocycles. The Kier molecular flexibility index (Phi) is 6.17. The summed E-state index contributed by atoms with van der Waals surface area (Å²) in [5, 5.41) is 2.91. The second-order valence-electron chi connectivity index (χ2n) is 4.86. The minimum absolute atomic E-state index is 0.0836. The van der Waals surface area contributed by atoms with Gasteiger partial charge in [0.25, 0.3) is 5.91 Å². The van der Waals surface area contributed by atoms with E-state index in [-0.39, 0.29) is 22.2 Å². The Bertz CT molecular complexity index is 830. The first-order valence-electron chi connectivity index (χ1n) is 6.94. The van der Waals surface area contributed by atoms with Crippen molar-refractivity contribution in [3.05, 3.63) is 51.4 Å². The third-order valence-electron chi connectivity index (χ3n) is 3.19. The van der Waals surface area contributed by atoms with Crippen LogP contribution in [0.5, 0.6) is 5.75 Å². The number of anilines is 1. The summed E-state index contributed by atoms with van der Waals surface area (Å²) in [6.45, 7) is 1.03. The Morgan fingerprint density at radius 3 is 2.68 bits per heavy atom. The normalized spacial score (nSPS) is 10.3. The number of nitrogens with zero attached hydrogens (tertiary/aromatic N) is 1. The molecule has 0 saturated carbocycles. The van der Waals surface area contributed by atoms with E-state index in [0.29, 0.717) is 10.6 Å². The van der Waals surface area contributed by atoms with Crippen LogP contribution in [0.25, 0.3) is 0 Å². The Hall–Kier alpha value is -2.38. The van der Waals surface area contributed by atoms with Crippen molar-refractivity contribution in [2.24, 2.45) is 0 Å². The monoisotopic (exact) mass is 386 g/mol. The summed E-state index contributed by atoms with van der Waals surface area (Å²) in [5.74, 6) is -2.14. The number of aromatic nitrogens is 1. The molecule has 1 aromatic carbocycles. The Labute approximate surface area is 152 Å². The van der Waals surface area contributed by atoms with Crippen LogP contribution < -0.4 is 10.1 Å². The van der Waals surface area contributed by atoms with Gasteiger partial charge in [0.15, 0.2) is 12.4 Å². The van der Waals surface area contributed by atoms with E-state index in [1.165, 1.54) is 25.4 Å². The quantitative estimate of drug-likeness (QED) is 0.793. The van der Waals surface area contributed by atoms with Gasteiger partial charge in [0.05, 0.1) is 22.7 Å². The lowest BCUT2D eigenvalue weighted by molar-refractivity contribution is -0.119. The van der Waals surface area contributed by atoms with Gasteiger partial charge in [0.1, 0.15) is 11.6 Å². The van der Waals surface area contributed by atoms with Gasteiger partial charge in [-0.25, -0.2) is 14.2 Å². The highest BCUT2D eigenvalue weighted by Crippen LogP contribution is 2.28. The fraction of sp³-hybridized carbons (Fsp3) is 0.188. The summed E-state index contributed by atoms with van der Waals surface area (Å²) >= 11 is 11.9. The number of rotatable bonds is 5. The van der Waals surface area contributed by atoms with E-state index in [2.05, 4.69) is 10.3 Å². The van der Waals surface area contributed by atoms with Crippen LogP contribution >= 0.6 is 23.2 Å². The Morgan fingerprint density at radius 1 is 1.32 bits per heavy atom. The van der Waals surface area contributed by atoms with Gasteiger partial charge in [-0.05, 0) is 24.6 Å². The van der Waals surface area contributed by atoms with E-state index in [4.69, 9.17) is 32.7 Å². The van der Waals surface area contributed by atoms with E-state index in [0.717, 1.165) is 6.07 Å². The van der Waals surface area contributed by atoms with Crippen LogP contribution in [0.4, 0.5) is 10.2 Å². The molecule has 0 unspecified atom stereocenters. The summed E-state index contributed by atoms with van der Waals surface area (Å²) in [6, 6.07) is 3.64. The van der Waals surface area contributed by atoms with Crippen LogP contribution in [0.1, 0.15) is 15.9 Å². The maximum absolute atomic E-state index is 13.8. The second kappa shape index (κ2) is 8.13.